The molecule has 0 saturated carbocycles. The zero-order valence-corrected chi connectivity index (χ0v) is 24.7. The van der Waals surface area contributed by atoms with Crippen molar-refractivity contribution < 1.29 is 32.2 Å². The minimum absolute atomic E-state index is 0.113. The molecule has 0 spiro atoms. The summed E-state index contributed by atoms with van der Waals surface area (Å²) in [5.41, 5.74) is 2.69. The Kier molecular flexibility index (Phi) is 8.44. The first-order valence-electron chi connectivity index (χ1n) is 13.3. The highest BCUT2D eigenvalue weighted by Gasteiger charge is 2.37. The summed E-state index contributed by atoms with van der Waals surface area (Å²) in [5, 5.41) is 0. The van der Waals surface area contributed by atoms with Crippen LogP contribution in [0.3, 0.4) is 0 Å². The van der Waals surface area contributed by atoms with Crippen LogP contribution in [0.5, 0.6) is 11.5 Å². The molecule has 0 N–H and O–H groups in total. The van der Waals surface area contributed by atoms with Gasteiger partial charge in [-0.2, -0.15) is 0 Å². The highest BCUT2D eigenvalue weighted by Crippen LogP contribution is 2.39. The molecule has 10 nitrogen and oxygen atoms in total. The molecule has 2 aromatic rings. The molecular formula is C29H37N3O7S. The summed E-state index contributed by atoms with van der Waals surface area (Å²) in [6.45, 7) is 8.69. The number of hydrogen-bond acceptors (Lipinski definition) is 8. The molecule has 1 aromatic heterocycles. The number of fused-ring (bicyclic) bond motifs is 1. The Hall–Kier alpha value is -3.60. The Labute approximate surface area is 235 Å². The van der Waals surface area contributed by atoms with Gasteiger partial charge in [0, 0.05) is 31.1 Å². The number of methoxy groups -OCH3 is 1. The summed E-state index contributed by atoms with van der Waals surface area (Å²) in [6.07, 6.45) is 5.23. The van der Waals surface area contributed by atoms with Crippen molar-refractivity contribution in [1.29, 1.82) is 0 Å². The number of aromatic nitrogens is 1. The molecule has 11 heteroatoms. The second-order valence-electron chi connectivity index (χ2n) is 11.0. The fourth-order valence-electron chi connectivity index (χ4n) is 4.91. The third-order valence-corrected chi connectivity index (χ3v) is 7.58. The van der Waals surface area contributed by atoms with Gasteiger partial charge in [0.2, 0.25) is 5.91 Å². The predicted octanol–water partition coefficient (Wildman–Crippen LogP) is 4.19. The molecule has 1 aromatic carbocycles. The van der Waals surface area contributed by atoms with Crippen LogP contribution in [-0.2, 0) is 25.8 Å². The molecule has 216 valence electrons. The second-order valence-corrected chi connectivity index (χ2v) is 13.2. The highest BCUT2D eigenvalue weighted by atomic mass is 32.2. The number of benzene rings is 1. The van der Waals surface area contributed by atoms with Gasteiger partial charge < -0.3 is 19.1 Å². The van der Waals surface area contributed by atoms with Crippen molar-refractivity contribution in [2.75, 3.05) is 43.7 Å². The maximum Gasteiger partial charge on any atom is 0.410 e. The third kappa shape index (κ3) is 6.75. The lowest BCUT2D eigenvalue weighted by atomic mass is 9.99. The van der Waals surface area contributed by atoms with E-state index in [2.05, 4.69) is 4.98 Å². The summed E-state index contributed by atoms with van der Waals surface area (Å²) in [7, 11) is -1.94. The quantitative estimate of drug-likeness (QED) is 0.463. The van der Waals surface area contributed by atoms with Gasteiger partial charge in [-0.15, -0.1) is 0 Å². The Bertz CT molecular complexity index is 1430. The van der Waals surface area contributed by atoms with Gasteiger partial charge in [-0.3, -0.25) is 9.69 Å². The molecule has 0 saturated heterocycles. The molecule has 0 fully saturated rings. The number of hydrogen-bond donors (Lipinski definition) is 0. The maximum absolute atomic E-state index is 13.3. The van der Waals surface area contributed by atoms with Crippen molar-refractivity contribution in [2.24, 2.45) is 0 Å². The van der Waals surface area contributed by atoms with Crippen LogP contribution in [0.2, 0.25) is 0 Å². The highest BCUT2D eigenvalue weighted by molar-refractivity contribution is 7.90. The summed E-state index contributed by atoms with van der Waals surface area (Å²) >= 11 is 0. The molecule has 4 rings (SSSR count). The summed E-state index contributed by atoms with van der Waals surface area (Å²) in [5.74, 6) is 0.941. The number of sulfone groups is 1. The number of amides is 2. The zero-order valence-electron chi connectivity index (χ0n) is 23.9. The maximum atomic E-state index is 13.3. The number of carbonyl (C=O) groups excluding carboxylic acids is 2. The molecule has 0 unspecified atom stereocenters. The van der Waals surface area contributed by atoms with Gasteiger partial charge in [-0.25, -0.2) is 18.2 Å². The number of anilines is 1. The smallest absolute Gasteiger partial charge is 0.410 e. The van der Waals surface area contributed by atoms with Gasteiger partial charge in [0.15, 0.2) is 11.5 Å². The molecule has 40 heavy (non-hydrogen) atoms. The van der Waals surface area contributed by atoms with E-state index in [0.29, 0.717) is 49.0 Å². The van der Waals surface area contributed by atoms with Crippen LogP contribution in [0.1, 0.15) is 56.8 Å². The van der Waals surface area contributed by atoms with Crippen molar-refractivity contribution in [3.8, 4) is 11.5 Å². The molecule has 2 aliphatic rings. The van der Waals surface area contributed by atoms with Gasteiger partial charge in [0.05, 0.1) is 31.9 Å². The zero-order chi connectivity index (χ0) is 29.2. The Morgan fingerprint density at radius 1 is 1.18 bits per heavy atom. The Morgan fingerprint density at radius 3 is 2.52 bits per heavy atom. The van der Waals surface area contributed by atoms with Gasteiger partial charge in [0.1, 0.15) is 21.3 Å². The average Bonchev–Trinajstić information content (AvgIpc) is 3.20. The fraction of sp³-hybridized carbons (Fsp3) is 0.483. The summed E-state index contributed by atoms with van der Waals surface area (Å²) < 4.78 is 41.5. The van der Waals surface area contributed by atoms with E-state index >= 15 is 0 Å². The van der Waals surface area contributed by atoms with E-state index in [4.69, 9.17) is 14.2 Å². The molecule has 1 atom stereocenters. The third-order valence-electron chi connectivity index (χ3n) is 6.66. The normalized spacial score (nSPS) is 16.4. The van der Waals surface area contributed by atoms with E-state index in [9.17, 15) is 18.0 Å². The van der Waals surface area contributed by atoms with Gasteiger partial charge in [0.25, 0.3) is 0 Å². The molecule has 0 bridgehead atoms. The van der Waals surface area contributed by atoms with Gasteiger partial charge in [-0.1, -0.05) is 12.1 Å². The lowest BCUT2D eigenvalue weighted by Gasteiger charge is -2.30. The van der Waals surface area contributed by atoms with Gasteiger partial charge in [-0.05, 0) is 69.0 Å². The molecule has 0 aliphatic carbocycles. The molecule has 3 heterocycles. The van der Waals surface area contributed by atoms with Crippen molar-refractivity contribution in [2.45, 2.75) is 52.2 Å². The number of carbonyl (C=O) groups is 2. The van der Waals surface area contributed by atoms with E-state index in [-0.39, 0.29) is 24.2 Å². The van der Waals surface area contributed by atoms with E-state index in [0.717, 1.165) is 23.0 Å². The minimum atomic E-state index is -3.47. The topological polar surface area (TPSA) is 115 Å². The lowest BCUT2D eigenvalue weighted by Crippen LogP contribution is -2.39. The standard InChI is InChI=1S/C29H37N3O7S/c1-7-38-25-15-20(8-9-24(25)37-5)23(18-40(6,35)36)32-26(33)16-21-14-22(17-30-27(21)32)19-10-12-31(13-11-19)28(34)39-29(2,3)4/h8-10,14-15,17,23H,7,11-13,16,18H2,1-6H3/t23-/m0/s1. The van der Waals surface area contributed by atoms with E-state index in [1.807, 2.05) is 39.8 Å². The van der Waals surface area contributed by atoms with Crippen molar-refractivity contribution in [3.05, 3.63) is 53.2 Å². The van der Waals surface area contributed by atoms with Crippen LogP contribution in [0.15, 0.2) is 36.5 Å². The first-order chi connectivity index (χ1) is 18.8. The van der Waals surface area contributed by atoms with E-state index in [1.165, 1.54) is 12.0 Å². The molecule has 2 amide bonds. The van der Waals surface area contributed by atoms with Crippen LogP contribution in [-0.4, -0.2) is 74.7 Å². The SMILES string of the molecule is CCOc1cc([C@H](CS(C)(=O)=O)N2C(=O)Cc3cc(C4=CCN(C(=O)OC(C)(C)C)CC4)cnc32)ccc1OC. The number of rotatable bonds is 8. The van der Waals surface area contributed by atoms with Crippen LogP contribution in [0.4, 0.5) is 10.6 Å². The summed E-state index contributed by atoms with van der Waals surface area (Å²) in [4.78, 5) is 33.5. The monoisotopic (exact) mass is 571 g/mol. The Morgan fingerprint density at radius 2 is 1.93 bits per heavy atom. The van der Waals surface area contributed by atoms with Crippen LogP contribution in [0.25, 0.3) is 5.57 Å². The van der Waals surface area contributed by atoms with Crippen LogP contribution >= 0.6 is 0 Å². The molecular weight excluding hydrogens is 534 g/mol. The first kappa shape index (κ1) is 29.4. The van der Waals surface area contributed by atoms with E-state index in [1.54, 1.807) is 29.3 Å². The van der Waals surface area contributed by atoms with Crippen LogP contribution in [0, 0.1) is 0 Å². The first-order valence-corrected chi connectivity index (χ1v) is 15.3. The van der Waals surface area contributed by atoms with Crippen molar-refractivity contribution >= 4 is 33.2 Å². The number of ether oxygens (including phenoxy) is 3. The number of pyridine rings is 1. The molecule has 2 aliphatic heterocycles. The van der Waals surface area contributed by atoms with Crippen molar-refractivity contribution in [1.82, 2.24) is 9.88 Å². The lowest BCUT2D eigenvalue weighted by molar-refractivity contribution is -0.117. The van der Waals surface area contributed by atoms with Crippen LogP contribution < -0.4 is 14.4 Å². The van der Waals surface area contributed by atoms with Gasteiger partial charge >= 0.3 is 6.09 Å². The number of nitrogens with zero attached hydrogens (tertiary/aromatic N) is 3. The van der Waals surface area contributed by atoms with E-state index < -0.39 is 21.5 Å². The summed E-state index contributed by atoms with van der Waals surface area (Å²) in [6, 6.07) is 6.33. The van der Waals surface area contributed by atoms with Crippen molar-refractivity contribution in [3.63, 3.8) is 0 Å². The molecule has 0 radical (unpaired) electrons. The Balaban J connectivity index is 1.63. The second kappa shape index (κ2) is 11.5. The fourth-order valence-corrected chi connectivity index (χ4v) is 5.83. The predicted molar refractivity (Wildman–Crippen MR) is 152 cm³/mol. The largest absolute Gasteiger partial charge is 0.493 e. The average molecular weight is 572 g/mol. The minimum Gasteiger partial charge on any atom is -0.493 e.